The summed E-state index contributed by atoms with van der Waals surface area (Å²) >= 11 is 0. The highest BCUT2D eigenvalue weighted by Crippen LogP contribution is 2.49. The predicted octanol–water partition coefficient (Wildman–Crippen LogP) is 2.79. The van der Waals surface area contributed by atoms with Crippen molar-refractivity contribution in [1.29, 1.82) is 0 Å². The molecule has 0 bridgehead atoms. The number of aryl methyl sites for hydroxylation is 1. The second kappa shape index (κ2) is 6.83. The Labute approximate surface area is 178 Å². The zero-order valence-electron chi connectivity index (χ0n) is 16.9. The molecule has 0 saturated heterocycles. The van der Waals surface area contributed by atoms with Crippen LogP contribution >= 0.6 is 0 Å². The molecule has 1 aromatic heterocycles. The van der Waals surface area contributed by atoms with E-state index in [-0.39, 0.29) is 35.9 Å². The van der Waals surface area contributed by atoms with Crippen molar-refractivity contribution < 1.29 is 28.8 Å². The SMILES string of the molecule is COc1cc([N+](=O)[O-])c2c([N+](=O)[O-])c3n(c(=O)c2c1OC)CCc1cc2c(cc1-3)OCO2. The van der Waals surface area contributed by atoms with Gasteiger partial charge in [-0.25, -0.2) is 0 Å². The monoisotopic (exact) mass is 441 g/mol. The molecular weight excluding hydrogens is 426 g/mol. The molecule has 32 heavy (non-hydrogen) atoms. The van der Waals surface area contributed by atoms with Gasteiger partial charge in [-0.15, -0.1) is 0 Å². The summed E-state index contributed by atoms with van der Waals surface area (Å²) in [5, 5.41) is 23.5. The number of pyridine rings is 1. The summed E-state index contributed by atoms with van der Waals surface area (Å²) in [5.41, 5.74) is -0.774. The maximum atomic E-state index is 13.5. The smallest absolute Gasteiger partial charge is 0.308 e. The molecule has 5 rings (SSSR count). The van der Waals surface area contributed by atoms with Crippen molar-refractivity contribution in [2.75, 3.05) is 21.0 Å². The Hall–Kier alpha value is -4.35. The van der Waals surface area contributed by atoms with Crippen molar-refractivity contribution in [2.45, 2.75) is 13.0 Å². The summed E-state index contributed by atoms with van der Waals surface area (Å²) in [4.78, 5) is 36.2. The number of nitro groups is 2. The number of hydrogen-bond donors (Lipinski definition) is 0. The lowest BCUT2D eigenvalue weighted by Crippen LogP contribution is -2.28. The van der Waals surface area contributed by atoms with Gasteiger partial charge in [0.25, 0.3) is 11.2 Å². The number of fused-ring (bicyclic) bond motifs is 5. The molecule has 0 radical (unpaired) electrons. The van der Waals surface area contributed by atoms with E-state index in [0.29, 0.717) is 29.0 Å². The van der Waals surface area contributed by atoms with Crippen LogP contribution < -0.4 is 24.5 Å². The summed E-state index contributed by atoms with van der Waals surface area (Å²) in [5.74, 6) is 0.701. The van der Waals surface area contributed by atoms with Gasteiger partial charge in [0.2, 0.25) is 6.79 Å². The van der Waals surface area contributed by atoms with Crippen molar-refractivity contribution in [3.63, 3.8) is 0 Å². The van der Waals surface area contributed by atoms with Crippen LogP contribution in [0.1, 0.15) is 5.56 Å². The molecule has 0 N–H and O–H groups in total. The Bertz CT molecular complexity index is 1410. The highest BCUT2D eigenvalue weighted by Gasteiger charge is 2.38. The number of benzene rings is 2. The van der Waals surface area contributed by atoms with E-state index in [9.17, 15) is 25.0 Å². The highest BCUT2D eigenvalue weighted by atomic mass is 16.7. The zero-order valence-corrected chi connectivity index (χ0v) is 16.9. The molecule has 0 atom stereocenters. The predicted molar refractivity (Wildman–Crippen MR) is 110 cm³/mol. The van der Waals surface area contributed by atoms with Gasteiger partial charge < -0.3 is 23.5 Å². The van der Waals surface area contributed by atoms with Crippen LogP contribution in [-0.2, 0) is 13.0 Å². The molecule has 2 aliphatic heterocycles. The molecule has 12 nitrogen and oxygen atoms in total. The Kier molecular flexibility index (Phi) is 4.19. The highest BCUT2D eigenvalue weighted by molar-refractivity contribution is 6.07. The zero-order chi connectivity index (χ0) is 22.7. The molecule has 0 fully saturated rings. The number of nitrogens with zero attached hydrogens (tertiary/aromatic N) is 3. The topological polar surface area (TPSA) is 145 Å². The van der Waals surface area contributed by atoms with Crippen LogP contribution in [0.2, 0.25) is 0 Å². The van der Waals surface area contributed by atoms with Gasteiger partial charge in [-0.05, 0) is 24.1 Å². The van der Waals surface area contributed by atoms with E-state index in [2.05, 4.69) is 0 Å². The van der Waals surface area contributed by atoms with Crippen LogP contribution in [0.3, 0.4) is 0 Å². The number of methoxy groups -OCH3 is 2. The van der Waals surface area contributed by atoms with Crippen LogP contribution in [0.25, 0.3) is 22.0 Å². The maximum Gasteiger partial charge on any atom is 0.308 e. The Morgan fingerprint density at radius 3 is 2.34 bits per heavy atom. The van der Waals surface area contributed by atoms with Crippen molar-refractivity contribution in [3.05, 3.63) is 54.3 Å². The molecule has 164 valence electrons. The minimum Gasteiger partial charge on any atom is -0.493 e. The second-order valence-electron chi connectivity index (χ2n) is 7.16. The summed E-state index contributed by atoms with van der Waals surface area (Å²) in [6.07, 6.45) is 0.399. The molecule has 0 saturated carbocycles. The maximum absolute atomic E-state index is 13.5. The van der Waals surface area contributed by atoms with Crippen LogP contribution in [0, 0.1) is 20.2 Å². The van der Waals surface area contributed by atoms with Crippen LogP contribution in [-0.4, -0.2) is 35.4 Å². The average Bonchev–Trinajstić information content (AvgIpc) is 3.23. The third kappa shape index (κ3) is 2.52. The molecule has 0 aliphatic carbocycles. The minimum absolute atomic E-state index is 0.00725. The van der Waals surface area contributed by atoms with Gasteiger partial charge in [0.15, 0.2) is 23.0 Å². The van der Waals surface area contributed by atoms with E-state index in [0.717, 1.165) is 6.07 Å². The van der Waals surface area contributed by atoms with Gasteiger partial charge in [0, 0.05) is 12.1 Å². The molecule has 2 aliphatic rings. The Morgan fingerprint density at radius 2 is 1.72 bits per heavy atom. The lowest BCUT2D eigenvalue weighted by Gasteiger charge is -2.23. The van der Waals surface area contributed by atoms with Gasteiger partial charge in [-0.3, -0.25) is 25.0 Å². The van der Waals surface area contributed by atoms with Crippen LogP contribution in [0.4, 0.5) is 11.4 Å². The number of nitro benzene ring substituents is 1. The molecule has 2 aromatic carbocycles. The average molecular weight is 441 g/mol. The van der Waals surface area contributed by atoms with Gasteiger partial charge >= 0.3 is 5.69 Å². The van der Waals surface area contributed by atoms with E-state index in [1.165, 1.54) is 18.8 Å². The Balaban J connectivity index is 2.02. The quantitative estimate of drug-likeness (QED) is 0.440. The van der Waals surface area contributed by atoms with Crippen molar-refractivity contribution in [2.24, 2.45) is 0 Å². The van der Waals surface area contributed by atoms with Gasteiger partial charge in [-0.1, -0.05) is 0 Å². The van der Waals surface area contributed by atoms with Gasteiger partial charge in [0.1, 0.15) is 16.5 Å². The van der Waals surface area contributed by atoms with Crippen LogP contribution in [0.5, 0.6) is 23.0 Å². The van der Waals surface area contributed by atoms with E-state index in [1.54, 1.807) is 12.1 Å². The molecular formula is C20H15N3O9. The second-order valence-corrected chi connectivity index (χ2v) is 7.16. The fraction of sp³-hybridized carbons (Fsp3) is 0.250. The van der Waals surface area contributed by atoms with Crippen molar-refractivity contribution in [1.82, 2.24) is 4.57 Å². The largest absolute Gasteiger partial charge is 0.493 e. The van der Waals surface area contributed by atoms with E-state index < -0.39 is 32.2 Å². The number of aromatic nitrogens is 1. The fourth-order valence-electron chi connectivity index (χ4n) is 4.36. The first-order valence-electron chi connectivity index (χ1n) is 9.44. The lowest BCUT2D eigenvalue weighted by molar-refractivity contribution is -0.390. The van der Waals surface area contributed by atoms with Crippen molar-refractivity contribution >= 4 is 22.1 Å². The van der Waals surface area contributed by atoms with Gasteiger partial charge in [0.05, 0.1) is 30.1 Å². The molecule has 12 heteroatoms. The summed E-state index contributed by atoms with van der Waals surface area (Å²) in [6.45, 7) is 0.138. The van der Waals surface area contributed by atoms with Crippen LogP contribution in [0.15, 0.2) is 23.0 Å². The number of non-ortho nitro benzene ring substituents is 1. The third-order valence-corrected chi connectivity index (χ3v) is 5.68. The lowest BCUT2D eigenvalue weighted by atomic mass is 9.93. The molecule has 3 aromatic rings. The normalized spacial score (nSPS) is 13.4. The molecule has 0 amide bonds. The first kappa shape index (κ1) is 19.6. The van der Waals surface area contributed by atoms with Crippen molar-refractivity contribution in [3.8, 4) is 34.3 Å². The summed E-state index contributed by atoms with van der Waals surface area (Å²) in [7, 11) is 2.52. The third-order valence-electron chi connectivity index (χ3n) is 5.68. The molecule has 3 heterocycles. The fourth-order valence-corrected chi connectivity index (χ4v) is 4.36. The number of hydrogen-bond acceptors (Lipinski definition) is 9. The van der Waals surface area contributed by atoms with Gasteiger partial charge in [-0.2, -0.15) is 0 Å². The standard InChI is InChI=1S/C20H15N3O9/c1-29-14-7-11(22(25)26)15-16(19(14)30-2)20(24)21-4-3-9-5-12-13(32-8-31-12)6-10(9)17(21)18(15)23(27)28/h5-7H,3-4,8H2,1-2H3. The summed E-state index contributed by atoms with van der Waals surface area (Å²) < 4.78 is 22.5. The van der Waals surface area contributed by atoms with E-state index in [1.807, 2.05) is 0 Å². The molecule has 0 spiro atoms. The number of rotatable bonds is 4. The summed E-state index contributed by atoms with van der Waals surface area (Å²) in [6, 6.07) is 4.30. The first-order valence-corrected chi connectivity index (χ1v) is 9.44. The minimum atomic E-state index is -0.781. The van der Waals surface area contributed by atoms with E-state index in [4.69, 9.17) is 18.9 Å². The number of ether oxygens (including phenoxy) is 4. The molecule has 0 unspecified atom stereocenters. The Morgan fingerprint density at radius 1 is 1.00 bits per heavy atom. The first-order chi connectivity index (χ1) is 15.4. The van der Waals surface area contributed by atoms with E-state index >= 15 is 0 Å².